The predicted octanol–water partition coefficient (Wildman–Crippen LogP) is 3.68. The fourth-order valence-electron chi connectivity index (χ4n) is 4.09. The molecule has 0 bridgehead atoms. The summed E-state index contributed by atoms with van der Waals surface area (Å²) in [6.45, 7) is 1.99. The summed E-state index contributed by atoms with van der Waals surface area (Å²) in [6.07, 6.45) is 1.46. The number of carbonyl (C=O) groups excluding carboxylic acids is 1. The van der Waals surface area contributed by atoms with Crippen molar-refractivity contribution in [3.8, 4) is 23.1 Å². The Morgan fingerprint density at radius 3 is 2.65 bits per heavy atom. The quantitative estimate of drug-likeness (QED) is 0.385. The van der Waals surface area contributed by atoms with Gasteiger partial charge in [0, 0.05) is 43.9 Å². The number of carbonyl (C=O) groups is 1. The molecule has 4 aromatic rings. The van der Waals surface area contributed by atoms with Crippen molar-refractivity contribution in [1.82, 2.24) is 15.2 Å². The number of rotatable bonds is 8. The predicted molar refractivity (Wildman–Crippen MR) is 131 cm³/mol. The van der Waals surface area contributed by atoms with Gasteiger partial charge in [0.1, 0.15) is 23.5 Å². The van der Waals surface area contributed by atoms with Crippen molar-refractivity contribution in [1.29, 1.82) is 5.26 Å². The van der Waals surface area contributed by atoms with Crippen LogP contribution in [0.15, 0.2) is 69.9 Å². The molecule has 3 heterocycles. The Labute approximate surface area is 211 Å². The number of ether oxygens (including phenoxy) is 1. The second-order valence-corrected chi connectivity index (χ2v) is 8.35. The van der Waals surface area contributed by atoms with Crippen LogP contribution in [0.3, 0.4) is 0 Å². The van der Waals surface area contributed by atoms with Gasteiger partial charge >= 0.3 is 0 Å². The number of anilines is 2. The van der Waals surface area contributed by atoms with Crippen LogP contribution < -0.4 is 15.0 Å². The van der Waals surface area contributed by atoms with E-state index in [1.807, 2.05) is 11.0 Å². The smallest absolute Gasteiger partial charge is 0.260 e. The number of aromatic nitrogens is 2. The molecular formula is C26H23FN6O4. The molecule has 188 valence electrons. The molecule has 1 aliphatic heterocycles. The normalized spacial score (nSPS) is 13.3. The second-order valence-electron chi connectivity index (χ2n) is 8.35. The van der Waals surface area contributed by atoms with Crippen molar-refractivity contribution < 1.29 is 23.0 Å². The van der Waals surface area contributed by atoms with Crippen LogP contribution in [-0.2, 0) is 11.3 Å². The molecule has 1 aliphatic rings. The van der Waals surface area contributed by atoms with E-state index in [9.17, 15) is 4.79 Å². The fraction of sp³-hybridized carbons (Fsp3) is 0.231. The molecule has 0 radical (unpaired) electrons. The largest absolute Gasteiger partial charge is 0.484 e. The SMILES string of the molecule is N#Cc1ccc(OCC(=O)N2CCN(c3c(F)cccc3-c3cc(CNc4ccon4)on3)CC2)cc1. The van der Waals surface area contributed by atoms with Gasteiger partial charge in [-0.05, 0) is 30.3 Å². The molecule has 0 spiro atoms. The molecule has 1 saturated heterocycles. The summed E-state index contributed by atoms with van der Waals surface area (Å²) in [5.74, 6) is 1.13. The second kappa shape index (κ2) is 10.8. The third kappa shape index (κ3) is 5.54. The summed E-state index contributed by atoms with van der Waals surface area (Å²) >= 11 is 0. The highest BCUT2D eigenvalue weighted by Crippen LogP contribution is 2.34. The van der Waals surface area contributed by atoms with Gasteiger partial charge in [0.15, 0.2) is 18.2 Å². The molecule has 10 nitrogen and oxygen atoms in total. The maximum atomic E-state index is 15.0. The number of amides is 1. The van der Waals surface area contributed by atoms with Crippen molar-refractivity contribution in [2.24, 2.45) is 0 Å². The van der Waals surface area contributed by atoms with Crippen LogP contribution in [0, 0.1) is 17.1 Å². The molecule has 1 amide bonds. The molecule has 5 rings (SSSR count). The fourth-order valence-corrected chi connectivity index (χ4v) is 4.09. The minimum absolute atomic E-state index is 0.110. The van der Waals surface area contributed by atoms with Crippen molar-refractivity contribution in [3.63, 3.8) is 0 Å². The van der Waals surface area contributed by atoms with E-state index in [2.05, 4.69) is 15.6 Å². The van der Waals surface area contributed by atoms with E-state index < -0.39 is 0 Å². The summed E-state index contributed by atoms with van der Waals surface area (Å²) in [7, 11) is 0. The summed E-state index contributed by atoms with van der Waals surface area (Å²) in [5, 5.41) is 19.9. The number of nitriles is 1. The van der Waals surface area contributed by atoms with E-state index in [0.29, 0.717) is 72.6 Å². The number of hydrogen-bond acceptors (Lipinski definition) is 9. The minimum atomic E-state index is -0.369. The van der Waals surface area contributed by atoms with Gasteiger partial charge in [-0.2, -0.15) is 5.26 Å². The number of halogens is 1. The molecule has 0 saturated carbocycles. The zero-order valence-electron chi connectivity index (χ0n) is 19.8. The lowest BCUT2D eigenvalue weighted by molar-refractivity contribution is -0.133. The highest BCUT2D eigenvalue weighted by Gasteiger charge is 2.26. The van der Waals surface area contributed by atoms with Crippen LogP contribution in [-0.4, -0.2) is 53.9 Å². The van der Waals surface area contributed by atoms with Crippen LogP contribution in [0.5, 0.6) is 5.75 Å². The summed E-state index contributed by atoms with van der Waals surface area (Å²) in [6, 6.07) is 16.9. The minimum Gasteiger partial charge on any atom is -0.484 e. The van der Waals surface area contributed by atoms with Crippen LogP contribution >= 0.6 is 0 Å². The summed E-state index contributed by atoms with van der Waals surface area (Å²) in [4.78, 5) is 16.3. The van der Waals surface area contributed by atoms with E-state index in [0.717, 1.165) is 0 Å². The Morgan fingerprint density at radius 2 is 1.92 bits per heavy atom. The van der Waals surface area contributed by atoms with Crippen molar-refractivity contribution in [2.45, 2.75) is 6.54 Å². The molecule has 0 atom stereocenters. The lowest BCUT2D eigenvalue weighted by Crippen LogP contribution is -2.50. The topological polar surface area (TPSA) is 121 Å². The molecular weight excluding hydrogens is 479 g/mol. The Hall–Kier alpha value is -4.85. The van der Waals surface area contributed by atoms with Crippen LogP contribution in [0.25, 0.3) is 11.3 Å². The van der Waals surface area contributed by atoms with E-state index in [1.165, 1.54) is 12.3 Å². The Kier molecular flexibility index (Phi) is 6.98. The molecule has 0 aliphatic carbocycles. The first kappa shape index (κ1) is 23.9. The standard InChI is InChI=1S/C26H23FN6O4/c27-22-3-1-2-21(23-14-20(37-30-23)16-29-24-8-13-36-31-24)26(22)33-11-9-32(10-12-33)25(34)17-35-19-6-4-18(15-28)5-7-19/h1-8,13-14H,9-12,16-17H2,(H,29,31). The number of nitrogens with zero attached hydrogens (tertiary/aromatic N) is 5. The van der Waals surface area contributed by atoms with Crippen LogP contribution in [0.1, 0.15) is 11.3 Å². The van der Waals surface area contributed by atoms with Gasteiger partial charge in [0.2, 0.25) is 0 Å². The lowest BCUT2D eigenvalue weighted by atomic mass is 10.1. The highest BCUT2D eigenvalue weighted by atomic mass is 19.1. The lowest BCUT2D eigenvalue weighted by Gasteiger charge is -2.36. The van der Waals surface area contributed by atoms with Gasteiger partial charge in [-0.15, -0.1) is 0 Å². The van der Waals surface area contributed by atoms with Crippen molar-refractivity contribution >= 4 is 17.4 Å². The first-order valence-electron chi connectivity index (χ1n) is 11.6. The zero-order valence-corrected chi connectivity index (χ0v) is 19.8. The van der Waals surface area contributed by atoms with E-state index in [1.54, 1.807) is 53.4 Å². The van der Waals surface area contributed by atoms with E-state index >= 15 is 4.39 Å². The Morgan fingerprint density at radius 1 is 1.11 bits per heavy atom. The van der Waals surface area contributed by atoms with Gasteiger partial charge in [-0.3, -0.25) is 4.79 Å². The molecule has 1 fully saturated rings. The van der Waals surface area contributed by atoms with Gasteiger partial charge in [0.25, 0.3) is 5.91 Å². The van der Waals surface area contributed by atoms with Crippen LogP contribution in [0.4, 0.5) is 15.9 Å². The monoisotopic (exact) mass is 502 g/mol. The average Bonchev–Trinajstić information content (AvgIpc) is 3.63. The number of nitrogens with one attached hydrogen (secondary N) is 1. The number of para-hydroxylation sites is 1. The molecule has 37 heavy (non-hydrogen) atoms. The number of hydrogen-bond donors (Lipinski definition) is 1. The van der Waals surface area contributed by atoms with Gasteiger partial charge in [0.05, 0.1) is 23.9 Å². The Balaban J connectivity index is 1.21. The summed E-state index contributed by atoms with van der Waals surface area (Å²) in [5.41, 5.74) is 2.07. The first-order valence-corrected chi connectivity index (χ1v) is 11.6. The van der Waals surface area contributed by atoms with E-state index in [4.69, 9.17) is 19.0 Å². The Bertz CT molecular complexity index is 1390. The average molecular weight is 503 g/mol. The molecule has 2 aromatic carbocycles. The maximum Gasteiger partial charge on any atom is 0.260 e. The molecule has 0 unspecified atom stereocenters. The number of benzene rings is 2. The summed E-state index contributed by atoms with van der Waals surface area (Å²) < 4.78 is 30.8. The molecule has 11 heteroatoms. The van der Waals surface area contributed by atoms with Crippen molar-refractivity contribution in [2.75, 3.05) is 43.0 Å². The third-order valence-corrected chi connectivity index (χ3v) is 6.00. The van der Waals surface area contributed by atoms with Crippen molar-refractivity contribution in [3.05, 3.63) is 78.0 Å². The molecule has 2 aromatic heterocycles. The first-order chi connectivity index (χ1) is 18.1. The zero-order chi connectivity index (χ0) is 25.6. The maximum absolute atomic E-state index is 15.0. The number of piperazine rings is 1. The van der Waals surface area contributed by atoms with Crippen LogP contribution in [0.2, 0.25) is 0 Å². The van der Waals surface area contributed by atoms with Gasteiger partial charge in [-0.1, -0.05) is 22.4 Å². The van der Waals surface area contributed by atoms with Gasteiger partial charge in [-0.25, -0.2) is 4.39 Å². The molecule has 1 N–H and O–H groups in total. The third-order valence-electron chi connectivity index (χ3n) is 6.00. The van der Waals surface area contributed by atoms with E-state index in [-0.39, 0.29) is 18.3 Å². The van der Waals surface area contributed by atoms with Gasteiger partial charge < -0.3 is 28.9 Å². The highest BCUT2D eigenvalue weighted by molar-refractivity contribution is 5.79.